The van der Waals surface area contributed by atoms with Crippen LogP contribution in [0.3, 0.4) is 0 Å². The number of hydrogen-bond acceptors (Lipinski definition) is 3. The third-order valence-electron chi connectivity index (χ3n) is 3.79. The van der Waals surface area contributed by atoms with Crippen LogP contribution in [-0.2, 0) is 6.42 Å². The summed E-state index contributed by atoms with van der Waals surface area (Å²) in [6, 6.07) is 8.92. The molecule has 0 aliphatic rings. The van der Waals surface area contributed by atoms with E-state index in [4.69, 9.17) is 23.2 Å². The number of pyridine rings is 1. The van der Waals surface area contributed by atoms with Crippen LogP contribution in [0.2, 0.25) is 10.0 Å². The van der Waals surface area contributed by atoms with Gasteiger partial charge in [-0.25, -0.2) is 4.98 Å². The van der Waals surface area contributed by atoms with Gasteiger partial charge in [0.2, 0.25) is 0 Å². The molecule has 0 spiro atoms. The van der Waals surface area contributed by atoms with Crippen LogP contribution >= 0.6 is 23.2 Å². The van der Waals surface area contributed by atoms with E-state index in [1.165, 1.54) is 0 Å². The molecule has 0 aliphatic heterocycles. The van der Waals surface area contributed by atoms with Gasteiger partial charge in [0.1, 0.15) is 5.82 Å². The van der Waals surface area contributed by atoms with E-state index in [0.717, 1.165) is 24.5 Å². The highest BCUT2D eigenvalue weighted by Gasteiger charge is 2.10. The zero-order valence-electron chi connectivity index (χ0n) is 13.9. The summed E-state index contributed by atoms with van der Waals surface area (Å²) in [6.45, 7) is 6.33. The summed E-state index contributed by atoms with van der Waals surface area (Å²) in [5, 5.41) is 4.13. The summed E-state index contributed by atoms with van der Waals surface area (Å²) >= 11 is 12.0. The van der Waals surface area contributed by atoms with Crippen molar-refractivity contribution in [3.63, 3.8) is 0 Å². The monoisotopic (exact) mass is 365 g/mol. The number of rotatable bonds is 7. The minimum Gasteiger partial charge on any atom is -0.357 e. The molecule has 2 aromatic rings. The van der Waals surface area contributed by atoms with Crippen LogP contribution in [0, 0.1) is 0 Å². The smallest absolute Gasteiger partial charge is 0.251 e. The van der Waals surface area contributed by atoms with Crippen molar-refractivity contribution in [1.82, 2.24) is 10.3 Å². The van der Waals surface area contributed by atoms with Gasteiger partial charge in [0.05, 0.1) is 0 Å². The second-order valence-corrected chi connectivity index (χ2v) is 6.16. The highest BCUT2D eigenvalue weighted by atomic mass is 35.5. The Morgan fingerprint density at radius 2 is 1.92 bits per heavy atom. The van der Waals surface area contributed by atoms with Gasteiger partial charge in [0, 0.05) is 41.4 Å². The molecule has 1 aromatic heterocycles. The summed E-state index contributed by atoms with van der Waals surface area (Å²) in [4.78, 5) is 18.7. The fourth-order valence-corrected chi connectivity index (χ4v) is 2.92. The molecule has 0 atom stereocenters. The van der Waals surface area contributed by atoms with Gasteiger partial charge < -0.3 is 10.2 Å². The Labute approximate surface area is 152 Å². The predicted molar refractivity (Wildman–Crippen MR) is 100 cm³/mol. The molecule has 0 unspecified atom stereocenters. The molecule has 2 rings (SSSR count). The van der Waals surface area contributed by atoms with Crippen molar-refractivity contribution >= 4 is 34.9 Å². The number of hydrogen-bond donors (Lipinski definition) is 1. The predicted octanol–water partition coefficient (Wildman–Crippen LogP) is 4.21. The van der Waals surface area contributed by atoms with E-state index in [1.54, 1.807) is 24.4 Å². The van der Waals surface area contributed by atoms with Gasteiger partial charge >= 0.3 is 0 Å². The molecule has 1 aromatic carbocycles. The Morgan fingerprint density at radius 1 is 1.17 bits per heavy atom. The van der Waals surface area contributed by atoms with Gasteiger partial charge in [-0.3, -0.25) is 4.79 Å². The van der Waals surface area contributed by atoms with Crippen molar-refractivity contribution in [1.29, 1.82) is 0 Å². The number of aromatic nitrogens is 1. The minimum atomic E-state index is -0.115. The average molecular weight is 366 g/mol. The normalized spacial score (nSPS) is 10.5. The lowest BCUT2D eigenvalue weighted by Crippen LogP contribution is -2.27. The zero-order chi connectivity index (χ0) is 17.5. The Morgan fingerprint density at radius 3 is 2.58 bits per heavy atom. The number of halogens is 2. The molecule has 4 nitrogen and oxygen atoms in total. The maximum Gasteiger partial charge on any atom is 0.251 e. The largest absolute Gasteiger partial charge is 0.357 e. The van der Waals surface area contributed by atoms with E-state index < -0.39 is 0 Å². The summed E-state index contributed by atoms with van der Waals surface area (Å²) in [5.41, 5.74) is 1.56. The topological polar surface area (TPSA) is 45.2 Å². The number of amides is 1. The number of nitrogens with zero attached hydrogens (tertiary/aromatic N) is 2. The molecule has 0 radical (unpaired) electrons. The van der Waals surface area contributed by atoms with E-state index in [-0.39, 0.29) is 5.91 Å². The fraction of sp³-hybridized carbons (Fsp3) is 0.333. The Hall–Kier alpha value is -1.78. The third-order valence-corrected chi connectivity index (χ3v) is 4.38. The van der Waals surface area contributed by atoms with Crippen LogP contribution in [0.5, 0.6) is 0 Å². The first-order chi connectivity index (χ1) is 11.5. The van der Waals surface area contributed by atoms with E-state index in [0.29, 0.717) is 28.6 Å². The highest BCUT2D eigenvalue weighted by Crippen LogP contribution is 2.21. The van der Waals surface area contributed by atoms with Crippen LogP contribution in [0.15, 0.2) is 36.5 Å². The van der Waals surface area contributed by atoms with Crippen molar-refractivity contribution in [2.75, 3.05) is 24.5 Å². The fourth-order valence-electron chi connectivity index (χ4n) is 2.42. The zero-order valence-corrected chi connectivity index (χ0v) is 15.4. The quantitative estimate of drug-likeness (QED) is 0.799. The molecule has 0 aliphatic carbocycles. The number of anilines is 1. The molecule has 1 heterocycles. The molecular weight excluding hydrogens is 345 g/mol. The lowest BCUT2D eigenvalue weighted by Gasteiger charge is -2.20. The van der Waals surface area contributed by atoms with Crippen LogP contribution in [-0.4, -0.2) is 30.5 Å². The van der Waals surface area contributed by atoms with E-state index in [9.17, 15) is 4.79 Å². The second-order valence-electron chi connectivity index (χ2n) is 5.32. The molecule has 0 fully saturated rings. The lowest BCUT2D eigenvalue weighted by atomic mass is 10.1. The van der Waals surface area contributed by atoms with E-state index >= 15 is 0 Å². The number of benzene rings is 1. The third kappa shape index (κ3) is 4.86. The first-order valence-electron chi connectivity index (χ1n) is 7.98. The van der Waals surface area contributed by atoms with Crippen LogP contribution in [0.1, 0.15) is 29.8 Å². The van der Waals surface area contributed by atoms with Gasteiger partial charge in [-0.15, -0.1) is 0 Å². The number of carbonyl (C=O) groups excluding carboxylic acids is 1. The van der Waals surface area contributed by atoms with Crippen LogP contribution < -0.4 is 10.2 Å². The maximum absolute atomic E-state index is 12.3. The maximum atomic E-state index is 12.3. The van der Waals surface area contributed by atoms with Crippen LogP contribution in [0.4, 0.5) is 5.82 Å². The van der Waals surface area contributed by atoms with Gasteiger partial charge in [-0.2, -0.15) is 0 Å². The molecule has 0 saturated carbocycles. The number of carbonyl (C=O) groups is 1. The molecule has 0 saturated heterocycles. The van der Waals surface area contributed by atoms with Crippen LogP contribution in [0.25, 0.3) is 0 Å². The van der Waals surface area contributed by atoms with Gasteiger partial charge in [0.15, 0.2) is 0 Å². The standard InChI is InChI=1S/C18H21Cl2N3O/c1-3-23(4-2)17-11-14(8-9-21-17)18(24)22-10-7-13-5-6-15(19)12-16(13)20/h5-6,8-9,11-12H,3-4,7,10H2,1-2H3,(H,22,24). The van der Waals surface area contributed by atoms with Gasteiger partial charge in [-0.05, 0) is 50.1 Å². The Balaban J connectivity index is 1.96. The van der Waals surface area contributed by atoms with Gasteiger partial charge in [0.25, 0.3) is 5.91 Å². The van der Waals surface area contributed by atoms with Crippen molar-refractivity contribution < 1.29 is 4.79 Å². The molecular formula is C18H21Cl2N3O. The van der Waals surface area contributed by atoms with Gasteiger partial charge in [-0.1, -0.05) is 29.3 Å². The average Bonchev–Trinajstić information content (AvgIpc) is 2.58. The van der Waals surface area contributed by atoms with Crippen molar-refractivity contribution in [2.24, 2.45) is 0 Å². The molecule has 6 heteroatoms. The summed E-state index contributed by atoms with van der Waals surface area (Å²) < 4.78 is 0. The van der Waals surface area contributed by atoms with E-state index in [1.807, 2.05) is 12.1 Å². The highest BCUT2D eigenvalue weighted by molar-refractivity contribution is 6.35. The number of nitrogens with one attached hydrogen (secondary N) is 1. The Kier molecular flexibility index (Phi) is 6.88. The molecule has 1 amide bonds. The summed E-state index contributed by atoms with van der Waals surface area (Å²) in [5.74, 6) is 0.698. The SMILES string of the molecule is CCN(CC)c1cc(C(=O)NCCc2ccc(Cl)cc2Cl)ccn1. The molecule has 0 bridgehead atoms. The summed E-state index contributed by atoms with van der Waals surface area (Å²) in [7, 11) is 0. The van der Waals surface area contributed by atoms with Crippen molar-refractivity contribution in [3.8, 4) is 0 Å². The molecule has 1 N–H and O–H groups in total. The molecule has 128 valence electrons. The minimum absolute atomic E-state index is 0.115. The summed E-state index contributed by atoms with van der Waals surface area (Å²) in [6.07, 6.45) is 2.31. The lowest BCUT2D eigenvalue weighted by molar-refractivity contribution is 0.0954. The van der Waals surface area contributed by atoms with Crippen molar-refractivity contribution in [3.05, 3.63) is 57.7 Å². The first-order valence-corrected chi connectivity index (χ1v) is 8.73. The van der Waals surface area contributed by atoms with E-state index in [2.05, 4.69) is 29.0 Å². The first kappa shape index (κ1) is 18.6. The van der Waals surface area contributed by atoms with Crippen molar-refractivity contribution in [2.45, 2.75) is 20.3 Å². The molecule has 24 heavy (non-hydrogen) atoms. The second kappa shape index (κ2) is 8.90. The Bertz CT molecular complexity index is 702.